The summed E-state index contributed by atoms with van der Waals surface area (Å²) in [5.41, 5.74) is 6.09. The Morgan fingerprint density at radius 3 is 2.12 bits per heavy atom. The number of ether oxygens (including phenoxy) is 1. The number of rotatable bonds is 2. The van der Waals surface area contributed by atoms with Crippen LogP contribution in [0.5, 0.6) is 0 Å². The fourth-order valence-corrected chi connectivity index (χ4v) is 1.58. The van der Waals surface area contributed by atoms with Crippen molar-refractivity contribution in [2.75, 3.05) is 5.73 Å². The van der Waals surface area contributed by atoms with Gasteiger partial charge in [-0.25, -0.2) is 0 Å². The van der Waals surface area contributed by atoms with Crippen LogP contribution in [0.4, 0.5) is 5.69 Å². The van der Waals surface area contributed by atoms with E-state index in [-0.39, 0.29) is 5.97 Å². The molecule has 1 rings (SSSR count). The third kappa shape index (κ3) is 3.22. The summed E-state index contributed by atoms with van der Waals surface area (Å²) in [6.07, 6.45) is 0. The van der Waals surface area contributed by atoms with Gasteiger partial charge in [0, 0.05) is 5.69 Å². The SMILES string of the molecule is CC(C)(C)OC(=O)C(C)(C)c1ccccc1N. The van der Waals surface area contributed by atoms with E-state index in [1.165, 1.54) is 0 Å². The number of esters is 1. The molecular formula is C14H21NO2. The molecule has 0 aliphatic rings. The highest BCUT2D eigenvalue weighted by Crippen LogP contribution is 2.30. The number of para-hydroxylation sites is 1. The van der Waals surface area contributed by atoms with Gasteiger partial charge in [-0.15, -0.1) is 0 Å². The molecule has 0 amide bonds. The number of hydrogen-bond acceptors (Lipinski definition) is 3. The van der Waals surface area contributed by atoms with Crippen molar-refractivity contribution in [2.24, 2.45) is 0 Å². The largest absolute Gasteiger partial charge is 0.459 e. The molecule has 0 fully saturated rings. The third-order valence-corrected chi connectivity index (χ3v) is 2.54. The first-order valence-corrected chi connectivity index (χ1v) is 5.73. The highest BCUT2D eigenvalue weighted by Gasteiger charge is 2.35. The van der Waals surface area contributed by atoms with Crippen molar-refractivity contribution in [3.63, 3.8) is 0 Å². The van der Waals surface area contributed by atoms with Gasteiger partial charge in [-0.05, 0) is 46.2 Å². The summed E-state index contributed by atoms with van der Waals surface area (Å²) in [4.78, 5) is 12.2. The minimum atomic E-state index is -0.737. The molecule has 0 aromatic heterocycles. The number of carbonyl (C=O) groups is 1. The minimum Gasteiger partial charge on any atom is -0.459 e. The van der Waals surface area contributed by atoms with E-state index in [2.05, 4.69) is 0 Å². The van der Waals surface area contributed by atoms with Crippen LogP contribution in [0.3, 0.4) is 0 Å². The maximum Gasteiger partial charge on any atom is 0.316 e. The smallest absolute Gasteiger partial charge is 0.316 e. The molecule has 1 aromatic carbocycles. The molecule has 0 atom stereocenters. The van der Waals surface area contributed by atoms with E-state index < -0.39 is 11.0 Å². The second kappa shape index (κ2) is 4.40. The molecule has 94 valence electrons. The van der Waals surface area contributed by atoms with Crippen LogP contribution in [0, 0.1) is 0 Å². The Labute approximate surface area is 103 Å². The maximum absolute atomic E-state index is 12.2. The summed E-state index contributed by atoms with van der Waals surface area (Å²) in [7, 11) is 0. The summed E-state index contributed by atoms with van der Waals surface area (Å²) >= 11 is 0. The van der Waals surface area contributed by atoms with Crippen LogP contribution in [-0.2, 0) is 14.9 Å². The van der Waals surface area contributed by atoms with Crippen LogP contribution in [0.1, 0.15) is 40.2 Å². The molecule has 3 heteroatoms. The molecule has 0 saturated carbocycles. The molecular weight excluding hydrogens is 214 g/mol. The van der Waals surface area contributed by atoms with Gasteiger partial charge in [0.25, 0.3) is 0 Å². The van der Waals surface area contributed by atoms with E-state index in [1.54, 1.807) is 6.07 Å². The lowest BCUT2D eigenvalue weighted by Crippen LogP contribution is -2.37. The Hall–Kier alpha value is -1.51. The average Bonchev–Trinajstić information content (AvgIpc) is 2.15. The van der Waals surface area contributed by atoms with E-state index in [4.69, 9.17) is 10.5 Å². The molecule has 0 saturated heterocycles. The number of nitrogen functional groups attached to an aromatic ring is 1. The molecule has 3 nitrogen and oxygen atoms in total. The quantitative estimate of drug-likeness (QED) is 0.633. The highest BCUT2D eigenvalue weighted by atomic mass is 16.6. The first-order chi connectivity index (χ1) is 7.64. The van der Waals surface area contributed by atoms with Crippen molar-refractivity contribution in [3.8, 4) is 0 Å². The molecule has 0 spiro atoms. The van der Waals surface area contributed by atoms with Gasteiger partial charge < -0.3 is 10.5 Å². The van der Waals surface area contributed by atoms with E-state index in [0.29, 0.717) is 5.69 Å². The highest BCUT2D eigenvalue weighted by molar-refractivity contribution is 5.84. The first kappa shape index (κ1) is 13.6. The van der Waals surface area contributed by atoms with Crippen LogP contribution >= 0.6 is 0 Å². The van der Waals surface area contributed by atoms with Gasteiger partial charge >= 0.3 is 5.97 Å². The number of benzene rings is 1. The van der Waals surface area contributed by atoms with Crippen LogP contribution in [0.2, 0.25) is 0 Å². The predicted molar refractivity (Wildman–Crippen MR) is 69.7 cm³/mol. The minimum absolute atomic E-state index is 0.261. The zero-order chi connectivity index (χ0) is 13.3. The van der Waals surface area contributed by atoms with Gasteiger partial charge in [-0.3, -0.25) is 4.79 Å². The standard InChI is InChI=1S/C14H21NO2/c1-13(2,3)17-12(16)14(4,5)10-8-6-7-9-11(10)15/h6-9H,15H2,1-5H3. The van der Waals surface area contributed by atoms with Crippen LogP contribution < -0.4 is 5.73 Å². The Morgan fingerprint density at radius 1 is 1.12 bits per heavy atom. The van der Waals surface area contributed by atoms with Crippen LogP contribution in [-0.4, -0.2) is 11.6 Å². The van der Waals surface area contributed by atoms with Crippen molar-refractivity contribution in [2.45, 2.75) is 45.6 Å². The summed E-state index contributed by atoms with van der Waals surface area (Å²) in [6.45, 7) is 9.22. The van der Waals surface area contributed by atoms with E-state index in [9.17, 15) is 4.79 Å². The Morgan fingerprint density at radius 2 is 1.65 bits per heavy atom. The lowest BCUT2D eigenvalue weighted by Gasteiger charge is -2.29. The van der Waals surface area contributed by atoms with Gasteiger partial charge in [-0.1, -0.05) is 18.2 Å². The zero-order valence-electron chi connectivity index (χ0n) is 11.2. The zero-order valence-corrected chi connectivity index (χ0v) is 11.2. The number of carbonyl (C=O) groups excluding carboxylic acids is 1. The van der Waals surface area contributed by atoms with Gasteiger partial charge in [0.2, 0.25) is 0 Å². The second-order valence-corrected chi connectivity index (χ2v) is 5.71. The van der Waals surface area contributed by atoms with Gasteiger partial charge in [0.15, 0.2) is 0 Å². The van der Waals surface area contributed by atoms with E-state index in [0.717, 1.165) is 5.56 Å². The third-order valence-electron chi connectivity index (χ3n) is 2.54. The molecule has 0 heterocycles. The lowest BCUT2D eigenvalue weighted by atomic mass is 9.83. The molecule has 0 bridgehead atoms. The monoisotopic (exact) mass is 235 g/mol. The molecule has 0 unspecified atom stereocenters. The van der Waals surface area contributed by atoms with Crippen molar-refractivity contribution < 1.29 is 9.53 Å². The summed E-state index contributed by atoms with van der Waals surface area (Å²) < 4.78 is 5.42. The summed E-state index contributed by atoms with van der Waals surface area (Å²) in [5.74, 6) is -0.261. The molecule has 0 radical (unpaired) electrons. The molecule has 1 aromatic rings. The number of hydrogen-bond donors (Lipinski definition) is 1. The van der Waals surface area contributed by atoms with E-state index in [1.807, 2.05) is 52.8 Å². The fourth-order valence-electron chi connectivity index (χ4n) is 1.58. The van der Waals surface area contributed by atoms with Crippen molar-refractivity contribution in [1.29, 1.82) is 0 Å². The first-order valence-electron chi connectivity index (χ1n) is 5.73. The van der Waals surface area contributed by atoms with Crippen molar-refractivity contribution in [1.82, 2.24) is 0 Å². The van der Waals surface area contributed by atoms with Gasteiger partial charge in [0.05, 0.1) is 5.41 Å². The molecule has 17 heavy (non-hydrogen) atoms. The van der Waals surface area contributed by atoms with Crippen LogP contribution in [0.15, 0.2) is 24.3 Å². The number of nitrogens with two attached hydrogens (primary N) is 1. The van der Waals surface area contributed by atoms with E-state index >= 15 is 0 Å². The summed E-state index contributed by atoms with van der Waals surface area (Å²) in [5, 5.41) is 0. The second-order valence-electron chi connectivity index (χ2n) is 5.71. The van der Waals surface area contributed by atoms with Crippen molar-refractivity contribution in [3.05, 3.63) is 29.8 Å². The topological polar surface area (TPSA) is 52.3 Å². The fraction of sp³-hybridized carbons (Fsp3) is 0.500. The van der Waals surface area contributed by atoms with Crippen LogP contribution in [0.25, 0.3) is 0 Å². The predicted octanol–water partition coefficient (Wildman–Crippen LogP) is 2.89. The Kier molecular flexibility index (Phi) is 3.51. The Balaban J connectivity index is 3.03. The molecule has 0 aliphatic heterocycles. The normalized spacial score (nSPS) is 12.3. The molecule has 2 N–H and O–H groups in total. The summed E-state index contributed by atoms with van der Waals surface area (Å²) in [6, 6.07) is 7.38. The maximum atomic E-state index is 12.2. The number of anilines is 1. The van der Waals surface area contributed by atoms with Crippen molar-refractivity contribution >= 4 is 11.7 Å². The van der Waals surface area contributed by atoms with Gasteiger partial charge in [0.1, 0.15) is 5.60 Å². The Bertz CT molecular complexity index is 416. The molecule has 0 aliphatic carbocycles. The lowest BCUT2D eigenvalue weighted by molar-refractivity contribution is -0.160. The average molecular weight is 235 g/mol. The van der Waals surface area contributed by atoms with Gasteiger partial charge in [-0.2, -0.15) is 0 Å².